The first-order chi connectivity index (χ1) is 10.1. The third-order valence-corrected chi connectivity index (χ3v) is 2.83. The summed E-state index contributed by atoms with van der Waals surface area (Å²) in [4.78, 5) is 24.4. The Hall–Kier alpha value is -2.18. The Morgan fingerprint density at radius 3 is 2.36 bits per heavy atom. The molecule has 122 valence electrons. The van der Waals surface area contributed by atoms with Gasteiger partial charge in [-0.3, -0.25) is 4.90 Å². The molecule has 22 heavy (non-hydrogen) atoms. The summed E-state index contributed by atoms with van der Waals surface area (Å²) in [6.07, 6.45) is -0.338. The van der Waals surface area contributed by atoms with Crippen LogP contribution in [0.4, 0.5) is 13.6 Å². The van der Waals surface area contributed by atoms with Gasteiger partial charge in [-0.2, -0.15) is 4.39 Å². The highest BCUT2D eigenvalue weighted by molar-refractivity contribution is 5.75. The lowest BCUT2D eigenvalue weighted by atomic mass is 10.1. The van der Waals surface area contributed by atoms with Crippen molar-refractivity contribution in [3.63, 3.8) is 0 Å². The molecule has 0 saturated carbocycles. The molecule has 0 heterocycles. The molecule has 0 spiro atoms. The second kappa shape index (κ2) is 6.72. The van der Waals surface area contributed by atoms with E-state index >= 15 is 0 Å². The summed E-state index contributed by atoms with van der Waals surface area (Å²) in [5.74, 6) is -2.75. The summed E-state index contributed by atoms with van der Waals surface area (Å²) < 4.78 is 37.0. The predicted molar refractivity (Wildman–Crippen MR) is 75.7 cm³/mol. The fourth-order valence-electron chi connectivity index (χ4n) is 1.81. The number of carbonyl (C=O) groups excluding carboxylic acids is 2. The zero-order valence-corrected chi connectivity index (χ0v) is 13.1. The fraction of sp³-hybridized carbons (Fsp3) is 0.467. The first-order valence-electron chi connectivity index (χ1n) is 6.55. The minimum atomic E-state index is -1.22. The van der Waals surface area contributed by atoms with E-state index in [4.69, 9.17) is 9.47 Å². The third-order valence-electron chi connectivity index (χ3n) is 2.83. The molecular formula is C15H19F2NO4. The molecule has 0 radical (unpaired) electrons. The van der Waals surface area contributed by atoms with E-state index in [9.17, 15) is 18.4 Å². The maximum absolute atomic E-state index is 13.7. The number of aldehydes is 1. The molecule has 1 amide bonds. The number of amides is 1. The SMILES string of the molecule is COc1c(C(C=O)N(C)C(=O)OC(C)(C)C)ccc(F)c1F. The number of hydrogen-bond donors (Lipinski definition) is 0. The highest BCUT2D eigenvalue weighted by atomic mass is 19.2. The van der Waals surface area contributed by atoms with E-state index in [1.165, 1.54) is 13.1 Å². The molecule has 0 aliphatic carbocycles. The Morgan fingerprint density at radius 2 is 1.91 bits per heavy atom. The van der Waals surface area contributed by atoms with Crippen molar-refractivity contribution in [3.05, 3.63) is 29.3 Å². The number of carbonyl (C=O) groups is 2. The van der Waals surface area contributed by atoms with Gasteiger partial charge in [0.2, 0.25) is 5.82 Å². The molecule has 1 aromatic carbocycles. The van der Waals surface area contributed by atoms with E-state index in [1.807, 2.05) is 0 Å². The number of nitrogens with zero attached hydrogens (tertiary/aromatic N) is 1. The van der Waals surface area contributed by atoms with Gasteiger partial charge >= 0.3 is 6.09 Å². The molecule has 0 bridgehead atoms. The van der Waals surface area contributed by atoms with Crippen LogP contribution in [-0.2, 0) is 9.53 Å². The van der Waals surface area contributed by atoms with Crippen molar-refractivity contribution in [3.8, 4) is 5.75 Å². The van der Waals surface area contributed by atoms with Crippen LogP contribution >= 0.6 is 0 Å². The third kappa shape index (κ3) is 3.93. The van der Waals surface area contributed by atoms with Crippen LogP contribution in [0.15, 0.2) is 12.1 Å². The van der Waals surface area contributed by atoms with Gasteiger partial charge in [0.05, 0.1) is 7.11 Å². The van der Waals surface area contributed by atoms with Crippen molar-refractivity contribution < 1.29 is 27.8 Å². The van der Waals surface area contributed by atoms with Gasteiger partial charge in [0.1, 0.15) is 17.9 Å². The lowest BCUT2D eigenvalue weighted by Crippen LogP contribution is -2.37. The number of ether oxygens (including phenoxy) is 2. The molecule has 0 saturated heterocycles. The molecular weight excluding hydrogens is 296 g/mol. The molecule has 0 aliphatic rings. The van der Waals surface area contributed by atoms with Crippen molar-refractivity contribution in [1.29, 1.82) is 0 Å². The smallest absolute Gasteiger partial charge is 0.410 e. The molecule has 1 aromatic rings. The standard InChI is InChI=1S/C15H19F2NO4/c1-15(2,3)22-14(20)18(4)11(8-19)9-6-7-10(16)12(17)13(9)21-5/h6-8,11H,1-5H3. The minimum absolute atomic E-state index is 0.0322. The highest BCUT2D eigenvalue weighted by Gasteiger charge is 2.29. The average Bonchev–Trinajstić information content (AvgIpc) is 2.41. The van der Waals surface area contributed by atoms with Gasteiger partial charge < -0.3 is 14.3 Å². The Bertz CT molecular complexity index is 569. The van der Waals surface area contributed by atoms with Crippen LogP contribution in [-0.4, -0.2) is 37.0 Å². The summed E-state index contributed by atoms with van der Waals surface area (Å²) in [6, 6.07) is 0.893. The van der Waals surface area contributed by atoms with Crippen molar-refractivity contribution >= 4 is 12.4 Å². The molecule has 1 atom stereocenters. The predicted octanol–water partition coefficient (Wildman–Crippen LogP) is 3.08. The topological polar surface area (TPSA) is 55.8 Å². The monoisotopic (exact) mass is 315 g/mol. The summed E-state index contributed by atoms with van der Waals surface area (Å²) in [6.45, 7) is 5.02. The Morgan fingerprint density at radius 1 is 1.32 bits per heavy atom. The van der Waals surface area contributed by atoms with E-state index in [-0.39, 0.29) is 5.56 Å². The van der Waals surface area contributed by atoms with E-state index < -0.39 is 35.1 Å². The van der Waals surface area contributed by atoms with Crippen LogP contribution in [0.5, 0.6) is 5.75 Å². The summed E-state index contributed by atoms with van der Waals surface area (Å²) in [5.41, 5.74) is -0.721. The number of benzene rings is 1. The van der Waals surface area contributed by atoms with Gasteiger partial charge in [-0.15, -0.1) is 0 Å². The van der Waals surface area contributed by atoms with E-state index in [0.29, 0.717) is 6.29 Å². The van der Waals surface area contributed by atoms with Gasteiger partial charge in [0, 0.05) is 12.6 Å². The number of halogens is 2. The zero-order chi connectivity index (χ0) is 17.1. The van der Waals surface area contributed by atoms with E-state index in [1.54, 1.807) is 20.8 Å². The maximum Gasteiger partial charge on any atom is 0.410 e. The molecule has 0 aliphatic heterocycles. The zero-order valence-electron chi connectivity index (χ0n) is 13.1. The van der Waals surface area contributed by atoms with Gasteiger partial charge in [0.25, 0.3) is 0 Å². The van der Waals surface area contributed by atoms with Crippen LogP contribution in [0.25, 0.3) is 0 Å². The molecule has 5 nitrogen and oxygen atoms in total. The Labute approximate surface area is 127 Å². The quantitative estimate of drug-likeness (QED) is 0.801. The summed E-state index contributed by atoms with van der Waals surface area (Å²) in [5, 5.41) is 0. The lowest BCUT2D eigenvalue weighted by molar-refractivity contribution is -0.112. The second-order valence-corrected chi connectivity index (χ2v) is 5.66. The van der Waals surface area contributed by atoms with Crippen molar-refractivity contribution in [2.45, 2.75) is 32.4 Å². The summed E-state index contributed by atoms with van der Waals surface area (Å²) >= 11 is 0. The second-order valence-electron chi connectivity index (χ2n) is 5.66. The van der Waals surface area contributed by atoms with Crippen LogP contribution in [0.2, 0.25) is 0 Å². The van der Waals surface area contributed by atoms with Crippen LogP contribution in [0, 0.1) is 11.6 Å². The highest BCUT2D eigenvalue weighted by Crippen LogP contribution is 2.32. The molecule has 0 aromatic heterocycles. The van der Waals surface area contributed by atoms with E-state index in [2.05, 4.69) is 0 Å². The normalized spacial score (nSPS) is 12.5. The van der Waals surface area contributed by atoms with Crippen molar-refractivity contribution in [1.82, 2.24) is 4.90 Å². The average molecular weight is 315 g/mol. The Kier molecular flexibility index (Phi) is 5.46. The number of likely N-dealkylation sites (N-methyl/N-ethyl adjacent to an activating group) is 1. The minimum Gasteiger partial charge on any atom is -0.493 e. The molecule has 7 heteroatoms. The van der Waals surface area contributed by atoms with Crippen LogP contribution in [0.3, 0.4) is 0 Å². The maximum atomic E-state index is 13.7. The van der Waals surface area contributed by atoms with Gasteiger partial charge in [-0.05, 0) is 32.9 Å². The van der Waals surface area contributed by atoms with Crippen molar-refractivity contribution in [2.75, 3.05) is 14.2 Å². The van der Waals surface area contributed by atoms with Crippen LogP contribution in [0.1, 0.15) is 32.4 Å². The van der Waals surface area contributed by atoms with Crippen molar-refractivity contribution in [2.24, 2.45) is 0 Å². The first-order valence-corrected chi connectivity index (χ1v) is 6.55. The van der Waals surface area contributed by atoms with Crippen LogP contribution < -0.4 is 4.74 Å². The molecule has 1 unspecified atom stereocenters. The fourth-order valence-corrected chi connectivity index (χ4v) is 1.81. The van der Waals surface area contributed by atoms with Gasteiger partial charge in [-0.25, -0.2) is 9.18 Å². The Balaban J connectivity index is 3.19. The lowest BCUT2D eigenvalue weighted by Gasteiger charge is -2.28. The number of methoxy groups -OCH3 is 1. The van der Waals surface area contributed by atoms with E-state index in [0.717, 1.165) is 18.1 Å². The van der Waals surface area contributed by atoms with Gasteiger partial charge in [-0.1, -0.05) is 0 Å². The molecule has 0 fully saturated rings. The number of rotatable bonds is 4. The summed E-state index contributed by atoms with van der Waals surface area (Å²) in [7, 11) is 2.48. The molecule has 0 N–H and O–H groups in total. The first kappa shape index (κ1) is 17.9. The molecule has 1 rings (SSSR count). The number of hydrogen-bond acceptors (Lipinski definition) is 4. The van der Waals surface area contributed by atoms with Gasteiger partial charge in [0.15, 0.2) is 11.6 Å². The largest absolute Gasteiger partial charge is 0.493 e.